The summed E-state index contributed by atoms with van der Waals surface area (Å²) in [6.45, 7) is 0.980. The van der Waals surface area contributed by atoms with Crippen LogP contribution in [0.1, 0.15) is 5.69 Å². The number of aromatic nitrogens is 2. The Hall–Kier alpha value is -0.910. The van der Waals surface area contributed by atoms with Gasteiger partial charge in [0, 0.05) is 32.8 Å². The molecule has 0 aromatic carbocycles. The smallest absolute Gasteiger partial charge is 0.0894 e. The minimum absolute atomic E-state index is 0.198. The van der Waals surface area contributed by atoms with Crippen molar-refractivity contribution >= 4 is 0 Å². The van der Waals surface area contributed by atoms with Crippen LogP contribution in [0, 0.1) is 0 Å². The fraction of sp³-hybridized carbons (Fsp3) is 0.667. The van der Waals surface area contributed by atoms with Gasteiger partial charge in [0.15, 0.2) is 0 Å². The summed E-state index contributed by atoms with van der Waals surface area (Å²) < 4.78 is 1.76. The molecule has 0 aliphatic carbocycles. The standard InChI is InChI=1S/C9H17N3O2/c1-12-5-3-8(11-12)2-4-10-6-9(14)7-13/h3,5,9-10,13-14H,2,4,6-7H2,1H3. The highest BCUT2D eigenvalue weighted by atomic mass is 16.3. The molecule has 1 aromatic heterocycles. The Balaban J connectivity index is 2.10. The van der Waals surface area contributed by atoms with Crippen molar-refractivity contribution in [3.8, 4) is 0 Å². The molecule has 0 fully saturated rings. The Labute approximate surface area is 83.4 Å². The van der Waals surface area contributed by atoms with Gasteiger partial charge in [0.25, 0.3) is 0 Å². The minimum atomic E-state index is -0.668. The topological polar surface area (TPSA) is 70.3 Å². The second-order valence-electron chi connectivity index (χ2n) is 3.27. The van der Waals surface area contributed by atoms with Crippen molar-refractivity contribution in [2.45, 2.75) is 12.5 Å². The zero-order valence-electron chi connectivity index (χ0n) is 8.35. The van der Waals surface area contributed by atoms with Crippen LogP contribution in [0.3, 0.4) is 0 Å². The molecule has 0 saturated carbocycles. The van der Waals surface area contributed by atoms with E-state index in [-0.39, 0.29) is 6.61 Å². The first-order valence-corrected chi connectivity index (χ1v) is 4.70. The highest BCUT2D eigenvalue weighted by Gasteiger charge is 2.00. The number of aliphatic hydroxyl groups is 2. The van der Waals surface area contributed by atoms with E-state index in [9.17, 15) is 0 Å². The van der Waals surface area contributed by atoms with E-state index in [1.807, 2.05) is 19.3 Å². The highest BCUT2D eigenvalue weighted by molar-refractivity contribution is 4.98. The first-order valence-electron chi connectivity index (χ1n) is 4.70. The molecule has 5 nitrogen and oxygen atoms in total. The predicted octanol–water partition coefficient (Wildman–Crippen LogP) is -1.09. The molecule has 80 valence electrons. The molecular formula is C9H17N3O2. The van der Waals surface area contributed by atoms with E-state index in [2.05, 4.69) is 10.4 Å². The van der Waals surface area contributed by atoms with Crippen LogP contribution < -0.4 is 5.32 Å². The van der Waals surface area contributed by atoms with E-state index in [0.29, 0.717) is 6.54 Å². The van der Waals surface area contributed by atoms with E-state index in [1.54, 1.807) is 4.68 Å². The van der Waals surface area contributed by atoms with Gasteiger partial charge in [-0.15, -0.1) is 0 Å². The molecule has 0 aliphatic rings. The summed E-state index contributed by atoms with van der Waals surface area (Å²) in [5.41, 5.74) is 1.03. The van der Waals surface area contributed by atoms with Gasteiger partial charge in [0.1, 0.15) is 0 Å². The van der Waals surface area contributed by atoms with E-state index in [4.69, 9.17) is 10.2 Å². The molecule has 1 atom stereocenters. The second kappa shape index (κ2) is 5.74. The van der Waals surface area contributed by atoms with Crippen molar-refractivity contribution in [2.24, 2.45) is 7.05 Å². The van der Waals surface area contributed by atoms with E-state index < -0.39 is 6.10 Å². The third kappa shape index (κ3) is 3.87. The maximum absolute atomic E-state index is 9.03. The molecule has 1 aromatic rings. The van der Waals surface area contributed by atoms with Crippen molar-refractivity contribution in [1.29, 1.82) is 0 Å². The number of hydrogen-bond acceptors (Lipinski definition) is 4. The van der Waals surface area contributed by atoms with Crippen molar-refractivity contribution in [2.75, 3.05) is 19.7 Å². The van der Waals surface area contributed by atoms with Crippen LogP contribution >= 0.6 is 0 Å². The number of nitrogens with zero attached hydrogens (tertiary/aromatic N) is 2. The van der Waals surface area contributed by atoms with E-state index in [0.717, 1.165) is 18.7 Å². The Kier molecular flexibility index (Phi) is 4.58. The van der Waals surface area contributed by atoms with Crippen LogP contribution in [0.15, 0.2) is 12.3 Å². The summed E-state index contributed by atoms with van der Waals surface area (Å²) in [4.78, 5) is 0. The molecule has 5 heteroatoms. The molecule has 0 amide bonds. The van der Waals surface area contributed by atoms with Crippen LogP contribution in [0.4, 0.5) is 0 Å². The third-order valence-corrected chi connectivity index (χ3v) is 1.92. The Morgan fingerprint density at radius 2 is 2.43 bits per heavy atom. The normalized spacial score (nSPS) is 13.1. The lowest BCUT2D eigenvalue weighted by Gasteiger charge is -2.07. The van der Waals surface area contributed by atoms with Crippen LogP contribution in [-0.4, -0.2) is 45.8 Å². The molecule has 0 spiro atoms. The van der Waals surface area contributed by atoms with E-state index in [1.165, 1.54) is 0 Å². The predicted molar refractivity (Wildman–Crippen MR) is 52.9 cm³/mol. The summed E-state index contributed by atoms with van der Waals surface area (Å²) >= 11 is 0. The largest absolute Gasteiger partial charge is 0.394 e. The molecule has 0 bridgehead atoms. The van der Waals surface area contributed by atoms with Gasteiger partial charge >= 0.3 is 0 Å². The number of hydrogen-bond donors (Lipinski definition) is 3. The molecule has 1 unspecified atom stereocenters. The van der Waals surface area contributed by atoms with Crippen LogP contribution in [0.25, 0.3) is 0 Å². The van der Waals surface area contributed by atoms with Gasteiger partial charge < -0.3 is 15.5 Å². The monoisotopic (exact) mass is 199 g/mol. The second-order valence-corrected chi connectivity index (χ2v) is 3.27. The molecule has 1 rings (SSSR count). The third-order valence-electron chi connectivity index (χ3n) is 1.92. The Morgan fingerprint density at radius 3 is 3.00 bits per heavy atom. The van der Waals surface area contributed by atoms with Crippen LogP contribution in [-0.2, 0) is 13.5 Å². The molecule has 3 N–H and O–H groups in total. The van der Waals surface area contributed by atoms with Gasteiger partial charge in [-0.3, -0.25) is 4.68 Å². The number of aliphatic hydroxyl groups excluding tert-OH is 2. The zero-order chi connectivity index (χ0) is 10.4. The summed E-state index contributed by atoms with van der Waals surface area (Å²) in [6, 6.07) is 1.96. The number of nitrogens with one attached hydrogen (secondary N) is 1. The maximum atomic E-state index is 9.03. The molecule has 0 aliphatic heterocycles. The van der Waals surface area contributed by atoms with Crippen molar-refractivity contribution in [1.82, 2.24) is 15.1 Å². The van der Waals surface area contributed by atoms with Gasteiger partial charge in [-0.25, -0.2) is 0 Å². The summed E-state index contributed by atoms with van der Waals surface area (Å²) in [5.74, 6) is 0. The maximum Gasteiger partial charge on any atom is 0.0894 e. The lowest BCUT2D eigenvalue weighted by Crippen LogP contribution is -2.30. The minimum Gasteiger partial charge on any atom is -0.394 e. The van der Waals surface area contributed by atoms with Crippen molar-refractivity contribution < 1.29 is 10.2 Å². The fourth-order valence-electron chi connectivity index (χ4n) is 1.15. The van der Waals surface area contributed by atoms with Gasteiger partial charge in [-0.05, 0) is 6.07 Å². The quantitative estimate of drug-likeness (QED) is 0.509. The SMILES string of the molecule is Cn1ccc(CCNCC(O)CO)n1. The van der Waals surface area contributed by atoms with Gasteiger partial charge in [0.05, 0.1) is 18.4 Å². The highest BCUT2D eigenvalue weighted by Crippen LogP contribution is 1.93. The average Bonchev–Trinajstić information content (AvgIpc) is 2.58. The number of rotatable bonds is 6. The van der Waals surface area contributed by atoms with Crippen molar-refractivity contribution in [3.05, 3.63) is 18.0 Å². The molecule has 0 radical (unpaired) electrons. The fourth-order valence-corrected chi connectivity index (χ4v) is 1.15. The molecular weight excluding hydrogens is 182 g/mol. The van der Waals surface area contributed by atoms with Gasteiger partial charge in [0.2, 0.25) is 0 Å². The average molecular weight is 199 g/mol. The molecule has 14 heavy (non-hydrogen) atoms. The molecule has 0 saturated heterocycles. The Bertz CT molecular complexity index is 262. The lowest BCUT2D eigenvalue weighted by atomic mass is 10.3. The van der Waals surface area contributed by atoms with Crippen LogP contribution in [0.2, 0.25) is 0 Å². The summed E-state index contributed by atoms with van der Waals surface area (Å²) in [7, 11) is 1.88. The first kappa shape index (κ1) is 11.2. The summed E-state index contributed by atoms with van der Waals surface area (Å²) in [5, 5.41) is 24.8. The first-order chi connectivity index (χ1) is 6.72. The molecule has 1 heterocycles. The van der Waals surface area contributed by atoms with Gasteiger partial charge in [-0.1, -0.05) is 0 Å². The van der Waals surface area contributed by atoms with Crippen molar-refractivity contribution in [3.63, 3.8) is 0 Å². The van der Waals surface area contributed by atoms with Gasteiger partial charge in [-0.2, -0.15) is 5.10 Å². The lowest BCUT2D eigenvalue weighted by molar-refractivity contribution is 0.0947. The Morgan fingerprint density at radius 1 is 1.64 bits per heavy atom. The zero-order valence-corrected chi connectivity index (χ0v) is 8.35. The summed E-state index contributed by atoms with van der Waals surface area (Å²) in [6.07, 6.45) is 2.07. The van der Waals surface area contributed by atoms with E-state index >= 15 is 0 Å². The van der Waals surface area contributed by atoms with Crippen LogP contribution in [0.5, 0.6) is 0 Å². The number of aryl methyl sites for hydroxylation is 1.